The van der Waals surface area contributed by atoms with Crippen LogP contribution in [-0.2, 0) is 0 Å². The van der Waals surface area contributed by atoms with Gasteiger partial charge in [-0.2, -0.15) is 0 Å². The van der Waals surface area contributed by atoms with E-state index in [-0.39, 0.29) is 0 Å². The molecule has 1 aromatic heterocycles. The summed E-state index contributed by atoms with van der Waals surface area (Å²) in [5.74, 6) is 1.33. The number of benzene rings is 1. The fourth-order valence-corrected chi connectivity index (χ4v) is 1.48. The number of nitrogens with one attached hydrogen (secondary N) is 1. The van der Waals surface area contributed by atoms with Gasteiger partial charge in [0.2, 0.25) is 0 Å². The van der Waals surface area contributed by atoms with Gasteiger partial charge < -0.3 is 15.8 Å². The first-order chi connectivity index (χ1) is 8.19. The topological polar surface area (TPSA) is 60.2 Å². The lowest BCUT2D eigenvalue weighted by Gasteiger charge is -2.09. The third-order valence-electron chi connectivity index (χ3n) is 2.44. The summed E-state index contributed by atoms with van der Waals surface area (Å²) in [6, 6.07) is 9.85. The van der Waals surface area contributed by atoms with Gasteiger partial charge in [-0.05, 0) is 19.1 Å². The smallest absolute Gasteiger partial charge is 0.147 e. The lowest BCUT2D eigenvalue weighted by Crippen LogP contribution is -1.98. The number of methoxy groups -OCH3 is 1. The number of nitrogens with zero attached hydrogens (tertiary/aromatic N) is 1. The normalized spacial score (nSPS) is 10.0. The van der Waals surface area contributed by atoms with Crippen molar-refractivity contribution in [3.05, 3.63) is 42.1 Å². The lowest BCUT2D eigenvalue weighted by molar-refractivity contribution is 0.417. The molecule has 0 saturated carbocycles. The van der Waals surface area contributed by atoms with Gasteiger partial charge in [0.25, 0.3) is 0 Å². The number of ether oxygens (including phenoxy) is 1. The molecule has 2 aromatic rings. The molecule has 88 valence electrons. The van der Waals surface area contributed by atoms with Crippen molar-refractivity contribution in [2.75, 3.05) is 18.2 Å². The van der Waals surface area contributed by atoms with E-state index in [0.29, 0.717) is 17.3 Å². The van der Waals surface area contributed by atoms with Crippen LogP contribution in [0.1, 0.15) is 5.56 Å². The average Bonchev–Trinajstić information content (AvgIpc) is 2.34. The zero-order chi connectivity index (χ0) is 12.3. The summed E-state index contributed by atoms with van der Waals surface area (Å²) < 4.78 is 5.14. The van der Waals surface area contributed by atoms with Gasteiger partial charge in [0.1, 0.15) is 11.6 Å². The van der Waals surface area contributed by atoms with Gasteiger partial charge >= 0.3 is 0 Å². The quantitative estimate of drug-likeness (QED) is 0.849. The Bertz CT molecular complexity index is 509. The Balaban J connectivity index is 2.21. The van der Waals surface area contributed by atoms with Gasteiger partial charge in [0, 0.05) is 11.8 Å². The molecule has 3 N–H and O–H groups in total. The molecule has 4 heteroatoms. The van der Waals surface area contributed by atoms with Gasteiger partial charge in [0.15, 0.2) is 0 Å². The molecule has 0 radical (unpaired) electrons. The molecule has 0 unspecified atom stereocenters. The molecule has 0 aliphatic carbocycles. The highest BCUT2D eigenvalue weighted by molar-refractivity contribution is 5.62. The predicted octanol–water partition coefficient (Wildman–Crippen LogP) is 2.72. The maximum atomic E-state index is 5.70. The Labute approximate surface area is 100 Å². The minimum absolute atomic E-state index is 0.530. The van der Waals surface area contributed by atoms with Crippen LogP contribution in [0.3, 0.4) is 0 Å². The summed E-state index contributed by atoms with van der Waals surface area (Å²) in [7, 11) is 1.58. The molecule has 0 saturated heterocycles. The first-order valence-electron chi connectivity index (χ1n) is 5.32. The van der Waals surface area contributed by atoms with Crippen molar-refractivity contribution in [2.24, 2.45) is 0 Å². The molecule has 1 heterocycles. The fraction of sp³-hybridized carbons (Fsp3) is 0.154. The molecule has 4 nitrogen and oxygen atoms in total. The molecule has 0 spiro atoms. The molecule has 0 amide bonds. The second-order valence-electron chi connectivity index (χ2n) is 3.80. The third kappa shape index (κ3) is 2.66. The fourth-order valence-electron chi connectivity index (χ4n) is 1.48. The van der Waals surface area contributed by atoms with Gasteiger partial charge in [-0.1, -0.05) is 17.7 Å². The molecule has 0 aliphatic rings. The summed E-state index contributed by atoms with van der Waals surface area (Å²) in [6.45, 7) is 2.05. The summed E-state index contributed by atoms with van der Waals surface area (Å²) in [5.41, 5.74) is 8.43. The van der Waals surface area contributed by atoms with Crippen LogP contribution in [0.15, 0.2) is 36.5 Å². The Morgan fingerprint density at radius 1 is 1.24 bits per heavy atom. The second-order valence-corrected chi connectivity index (χ2v) is 3.80. The number of hydrogen-bond donors (Lipinski definition) is 2. The van der Waals surface area contributed by atoms with E-state index in [1.54, 1.807) is 19.4 Å². The number of hydrogen-bond acceptors (Lipinski definition) is 4. The summed E-state index contributed by atoms with van der Waals surface area (Å²) >= 11 is 0. The van der Waals surface area contributed by atoms with E-state index in [2.05, 4.69) is 10.3 Å². The van der Waals surface area contributed by atoms with Crippen LogP contribution in [0.25, 0.3) is 0 Å². The average molecular weight is 229 g/mol. The first-order valence-corrected chi connectivity index (χ1v) is 5.32. The number of nitrogens with two attached hydrogens (primary N) is 1. The van der Waals surface area contributed by atoms with E-state index in [1.807, 2.05) is 31.2 Å². The van der Waals surface area contributed by atoms with Crippen LogP contribution in [0.4, 0.5) is 17.2 Å². The monoisotopic (exact) mass is 229 g/mol. The minimum atomic E-state index is 0.530. The summed E-state index contributed by atoms with van der Waals surface area (Å²) in [5, 5.41) is 3.19. The summed E-state index contributed by atoms with van der Waals surface area (Å²) in [4.78, 5) is 4.19. The lowest BCUT2D eigenvalue weighted by atomic mass is 10.2. The van der Waals surface area contributed by atoms with E-state index in [0.717, 1.165) is 5.69 Å². The molecule has 0 fully saturated rings. The molecule has 2 rings (SSSR count). The van der Waals surface area contributed by atoms with Crippen molar-refractivity contribution in [3.8, 4) is 5.75 Å². The Morgan fingerprint density at radius 3 is 2.59 bits per heavy atom. The highest BCUT2D eigenvalue weighted by atomic mass is 16.5. The van der Waals surface area contributed by atoms with Crippen molar-refractivity contribution in [3.63, 3.8) is 0 Å². The van der Waals surface area contributed by atoms with E-state index in [4.69, 9.17) is 10.5 Å². The maximum Gasteiger partial charge on any atom is 0.147 e. The van der Waals surface area contributed by atoms with Crippen molar-refractivity contribution in [1.29, 1.82) is 0 Å². The Morgan fingerprint density at radius 2 is 1.94 bits per heavy atom. The van der Waals surface area contributed by atoms with Crippen molar-refractivity contribution >= 4 is 17.2 Å². The van der Waals surface area contributed by atoms with E-state index < -0.39 is 0 Å². The van der Waals surface area contributed by atoms with Crippen molar-refractivity contribution in [2.45, 2.75) is 6.92 Å². The molecular formula is C13H15N3O. The summed E-state index contributed by atoms with van der Waals surface area (Å²) in [6.07, 6.45) is 1.58. The first kappa shape index (κ1) is 11.3. The van der Waals surface area contributed by atoms with E-state index in [9.17, 15) is 0 Å². The molecule has 1 aromatic carbocycles. The zero-order valence-electron chi connectivity index (χ0n) is 9.90. The van der Waals surface area contributed by atoms with Crippen LogP contribution in [-0.4, -0.2) is 12.1 Å². The Hall–Kier alpha value is -2.23. The SMILES string of the molecule is COc1cc(Nc2ccc(C)cc2)ncc1N. The molecule has 17 heavy (non-hydrogen) atoms. The van der Waals surface area contributed by atoms with Crippen LogP contribution >= 0.6 is 0 Å². The third-order valence-corrected chi connectivity index (χ3v) is 2.44. The van der Waals surface area contributed by atoms with Crippen molar-refractivity contribution < 1.29 is 4.74 Å². The Kier molecular flexibility index (Phi) is 3.14. The predicted molar refractivity (Wildman–Crippen MR) is 69.7 cm³/mol. The minimum Gasteiger partial charge on any atom is -0.494 e. The van der Waals surface area contributed by atoms with Crippen LogP contribution in [0.5, 0.6) is 5.75 Å². The number of pyridine rings is 1. The van der Waals surface area contributed by atoms with Gasteiger partial charge in [-0.25, -0.2) is 4.98 Å². The molecule has 0 aliphatic heterocycles. The molecular weight excluding hydrogens is 214 g/mol. The van der Waals surface area contributed by atoms with Crippen LogP contribution in [0.2, 0.25) is 0 Å². The van der Waals surface area contributed by atoms with Crippen LogP contribution in [0, 0.1) is 6.92 Å². The number of nitrogen functional groups attached to an aromatic ring is 1. The number of anilines is 3. The van der Waals surface area contributed by atoms with E-state index in [1.165, 1.54) is 5.56 Å². The largest absolute Gasteiger partial charge is 0.494 e. The number of aryl methyl sites for hydroxylation is 1. The van der Waals surface area contributed by atoms with E-state index >= 15 is 0 Å². The second kappa shape index (κ2) is 4.74. The number of aromatic nitrogens is 1. The standard InChI is InChI=1S/C13H15N3O/c1-9-3-5-10(6-4-9)16-13-7-12(17-2)11(14)8-15-13/h3-8H,14H2,1-2H3,(H,15,16). The van der Waals surface area contributed by atoms with Crippen LogP contribution < -0.4 is 15.8 Å². The molecule has 0 bridgehead atoms. The molecule has 0 atom stereocenters. The van der Waals surface area contributed by atoms with Gasteiger partial charge in [0.05, 0.1) is 19.0 Å². The highest BCUT2D eigenvalue weighted by Gasteiger charge is 2.02. The van der Waals surface area contributed by atoms with Gasteiger partial charge in [-0.3, -0.25) is 0 Å². The number of rotatable bonds is 3. The van der Waals surface area contributed by atoms with Crippen molar-refractivity contribution in [1.82, 2.24) is 4.98 Å². The maximum absolute atomic E-state index is 5.70. The van der Waals surface area contributed by atoms with Gasteiger partial charge in [-0.15, -0.1) is 0 Å². The highest BCUT2D eigenvalue weighted by Crippen LogP contribution is 2.24. The zero-order valence-corrected chi connectivity index (χ0v) is 9.90.